The highest BCUT2D eigenvalue weighted by molar-refractivity contribution is 4.99. The van der Waals surface area contributed by atoms with Crippen molar-refractivity contribution in [3.05, 3.63) is 17.8 Å². The second-order valence-corrected chi connectivity index (χ2v) is 4.64. The van der Waals surface area contributed by atoms with E-state index in [-0.39, 0.29) is 0 Å². The van der Waals surface area contributed by atoms with E-state index in [1.54, 1.807) is 0 Å². The van der Waals surface area contributed by atoms with Crippen molar-refractivity contribution in [3.63, 3.8) is 0 Å². The molecule has 0 saturated heterocycles. The topological polar surface area (TPSA) is 38.1 Å². The summed E-state index contributed by atoms with van der Waals surface area (Å²) < 4.78 is 5.63. The first-order valence-electron chi connectivity index (χ1n) is 5.93. The standard InChI is InChI=1S/C12H20N2O/c1-9(2)11-8-14-12(15-11)4-3-7-13-10-5-6-10/h8-10,13H,3-7H2,1-2H3. The monoisotopic (exact) mass is 208 g/mol. The van der Waals surface area contributed by atoms with Crippen LogP contribution >= 0.6 is 0 Å². The summed E-state index contributed by atoms with van der Waals surface area (Å²) in [7, 11) is 0. The van der Waals surface area contributed by atoms with E-state index in [1.165, 1.54) is 12.8 Å². The molecule has 0 amide bonds. The molecule has 2 rings (SSSR count). The lowest BCUT2D eigenvalue weighted by Gasteiger charge is -2.00. The molecule has 1 aliphatic rings. The third-order valence-electron chi connectivity index (χ3n) is 2.72. The number of hydrogen-bond acceptors (Lipinski definition) is 3. The Labute approximate surface area is 91.3 Å². The summed E-state index contributed by atoms with van der Waals surface area (Å²) in [5, 5.41) is 3.49. The van der Waals surface area contributed by atoms with E-state index in [1.807, 2.05) is 6.20 Å². The molecule has 1 N–H and O–H groups in total. The van der Waals surface area contributed by atoms with Crippen molar-refractivity contribution in [2.75, 3.05) is 6.54 Å². The first kappa shape index (κ1) is 10.7. The predicted molar refractivity (Wildman–Crippen MR) is 59.9 cm³/mol. The summed E-state index contributed by atoms with van der Waals surface area (Å²) in [5.41, 5.74) is 0. The van der Waals surface area contributed by atoms with E-state index in [0.717, 1.165) is 37.1 Å². The van der Waals surface area contributed by atoms with Crippen LogP contribution in [0.15, 0.2) is 10.6 Å². The first-order valence-corrected chi connectivity index (χ1v) is 5.93. The number of aryl methyl sites for hydroxylation is 1. The molecule has 0 aliphatic heterocycles. The Kier molecular flexibility index (Phi) is 3.41. The molecule has 0 radical (unpaired) electrons. The van der Waals surface area contributed by atoms with Gasteiger partial charge in [0, 0.05) is 18.4 Å². The molecule has 0 bridgehead atoms. The van der Waals surface area contributed by atoms with Crippen LogP contribution in [0.1, 0.15) is 50.7 Å². The van der Waals surface area contributed by atoms with E-state index >= 15 is 0 Å². The van der Waals surface area contributed by atoms with Gasteiger partial charge in [-0.25, -0.2) is 4.98 Å². The van der Waals surface area contributed by atoms with E-state index in [0.29, 0.717) is 5.92 Å². The van der Waals surface area contributed by atoms with Crippen LogP contribution in [0.3, 0.4) is 0 Å². The van der Waals surface area contributed by atoms with Gasteiger partial charge in [-0.3, -0.25) is 0 Å². The highest BCUT2D eigenvalue weighted by atomic mass is 16.4. The fourth-order valence-electron chi connectivity index (χ4n) is 1.54. The minimum atomic E-state index is 0.441. The maximum atomic E-state index is 5.63. The maximum Gasteiger partial charge on any atom is 0.194 e. The molecule has 0 spiro atoms. The smallest absolute Gasteiger partial charge is 0.194 e. The molecular formula is C12H20N2O. The number of rotatable bonds is 6. The average Bonchev–Trinajstić information content (AvgIpc) is 2.90. The van der Waals surface area contributed by atoms with Crippen LogP contribution < -0.4 is 5.32 Å². The quantitative estimate of drug-likeness (QED) is 0.730. The number of oxazole rings is 1. The molecule has 1 aromatic rings. The molecule has 1 aliphatic carbocycles. The molecule has 1 aromatic heterocycles. The highest BCUT2D eigenvalue weighted by Crippen LogP contribution is 2.19. The third-order valence-corrected chi connectivity index (χ3v) is 2.72. The largest absolute Gasteiger partial charge is 0.445 e. The van der Waals surface area contributed by atoms with Crippen LogP contribution in [0.5, 0.6) is 0 Å². The summed E-state index contributed by atoms with van der Waals surface area (Å²) in [6.07, 6.45) is 6.64. The lowest BCUT2D eigenvalue weighted by molar-refractivity contribution is 0.432. The summed E-state index contributed by atoms with van der Waals surface area (Å²) in [6.45, 7) is 5.34. The van der Waals surface area contributed by atoms with Gasteiger partial charge in [0.05, 0.1) is 6.20 Å². The van der Waals surface area contributed by atoms with Crippen molar-refractivity contribution in [2.24, 2.45) is 0 Å². The van der Waals surface area contributed by atoms with Crippen LogP contribution in [0.4, 0.5) is 0 Å². The zero-order valence-corrected chi connectivity index (χ0v) is 9.62. The van der Waals surface area contributed by atoms with Gasteiger partial charge in [0.15, 0.2) is 5.89 Å². The van der Waals surface area contributed by atoms with E-state index < -0.39 is 0 Å². The molecule has 3 heteroatoms. The molecule has 3 nitrogen and oxygen atoms in total. The van der Waals surface area contributed by atoms with Crippen LogP contribution in [0.2, 0.25) is 0 Å². The maximum absolute atomic E-state index is 5.63. The number of nitrogens with one attached hydrogen (secondary N) is 1. The number of aromatic nitrogens is 1. The Morgan fingerprint density at radius 2 is 2.33 bits per heavy atom. The fraction of sp³-hybridized carbons (Fsp3) is 0.750. The SMILES string of the molecule is CC(C)c1cnc(CCCNC2CC2)o1. The van der Waals surface area contributed by atoms with E-state index in [9.17, 15) is 0 Å². The van der Waals surface area contributed by atoms with Gasteiger partial charge in [-0.05, 0) is 25.8 Å². The number of nitrogens with zero attached hydrogens (tertiary/aromatic N) is 1. The highest BCUT2D eigenvalue weighted by Gasteiger charge is 2.19. The van der Waals surface area contributed by atoms with Gasteiger partial charge in [-0.1, -0.05) is 13.8 Å². The van der Waals surface area contributed by atoms with Gasteiger partial charge in [0.1, 0.15) is 5.76 Å². The van der Waals surface area contributed by atoms with Crippen molar-refractivity contribution in [1.29, 1.82) is 0 Å². The first-order chi connectivity index (χ1) is 7.25. The van der Waals surface area contributed by atoms with Crippen LogP contribution in [-0.4, -0.2) is 17.6 Å². The van der Waals surface area contributed by atoms with Gasteiger partial charge in [-0.15, -0.1) is 0 Å². The Balaban J connectivity index is 1.67. The molecule has 1 heterocycles. The van der Waals surface area contributed by atoms with Crippen molar-refractivity contribution < 1.29 is 4.42 Å². The van der Waals surface area contributed by atoms with Gasteiger partial charge in [0.2, 0.25) is 0 Å². The van der Waals surface area contributed by atoms with Crippen molar-refractivity contribution >= 4 is 0 Å². The van der Waals surface area contributed by atoms with Crippen molar-refractivity contribution in [1.82, 2.24) is 10.3 Å². The van der Waals surface area contributed by atoms with Crippen molar-refractivity contribution in [3.8, 4) is 0 Å². The summed E-state index contributed by atoms with van der Waals surface area (Å²) in [6, 6.07) is 0.806. The molecule has 0 atom stereocenters. The Morgan fingerprint density at radius 1 is 1.53 bits per heavy atom. The summed E-state index contributed by atoms with van der Waals surface area (Å²) >= 11 is 0. The lowest BCUT2D eigenvalue weighted by Crippen LogP contribution is -2.17. The number of hydrogen-bond donors (Lipinski definition) is 1. The minimum absolute atomic E-state index is 0.441. The molecule has 0 unspecified atom stereocenters. The Bertz CT molecular complexity index is 302. The normalized spacial score (nSPS) is 16.2. The van der Waals surface area contributed by atoms with Gasteiger partial charge < -0.3 is 9.73 Å². The molecule has 1 fully saturated rings. The predicted octanol–water partition coefficient (Wildman–Crippen LogP) is 2.48. The summed E-state index contributed by atoms with van der Waals surface area (Å²) in [5.74, 6) is 2.33. The van der Waals surface area contributed by atoms with Gasteiger partial charge in [0.25, 0.3) is 0 Å². The van der Waals surface area contributed by atoms with E-state index in [4.69, 9.17) is 4.42 Å². The van der Waals surface area contributed by atoms with Crippen LogP contribution in [0.25, 0.3) is 0 Å². The molecule has 0 aromatic carbocycles. The van der Waals surface area contributed by atoms with Gasteiger partial charge in [-0.2, -0.15) is 0 Å². The third kappa shape index (κ3) is 3.34. The minimum Gasteiger partial charge on any atom is -0.445 e. The van der Waals surface area contributed by atoms with E-state index in [2.05, 4.69) is 24.1 Å². The van der Waals surface area contributed by atoms with Crippen LogP contribution in [-0.2, 0) is 6.42 Å². The van der Waals surface area contributed by atoms with Gasteiger partial charge >= 0.3 is 0 Å². The molecule has 15 heavy (non-hydrogen) atoms. The fourth-order valence-corrected chi connectivity index (χ4v) is 1.54. The zero-order valence-electron chi connectivity index (χ0n) is 9.62. The van der Waals surface area contributed by atoms with Crippen molar-refractivity contribution in [2.45, 2.75) is 51.5 Å². The second-order valence-electron chi connectivity index (χ2n) is 4.64. The Hall–Kier alpha value is -0.830. The second kappa shape index (κ2) is 4.79. The zero-order chi connectivity index (χ0) is 10.7. The molecular weight excluding hydrogens is 188 g/mol. The summed E-state index contributed by atoms with van der Waals surface area (Å²) in [4.78, 5) is 4.28. The Morgan fingerprint density at radius 3 is 2.93 bits per heavy atom. The molecule has 1 saturated carbocycles. The van der Waals surface area contributed by atoms with Crippen LogP contribution in [0, 0.1) is 0 Å². The lowest BCUT2D eigenvalue weighted by atomic mass is 10.2. The average molecular weight is 208 g/mol. The molecule has 84 valence electrons.